The smallest absolute Gasteiger partial charge is 0.407 e. The molecule has 0 aromatic carbocycles. The van der Waals surface area contributed by atoms with Gasteiger partial charge in [-0.05, 0) is 64.4 Å². The molecular weight excluding hydrogens is 308 g/mol. The standard InChI is InChI=1S/C18H36N2O2S/c1-6-23-12-11-14(2)20-16-10-8-7-9-15(16)13-19-17(21)22-18(3,4)5/h14-16,20H,6-13H2,1-5H3,(H,19,21). The molecule has 1 saturated carbocycles. The maximum Gasteiger partial charge on any atom is 0.407 e. The molecule has 1 aliphatic rings. The van der Waals surface area contributed by atoms with Gasteiger partial charge in [0.1, 0.15) is 5.60 Å². The average molecular weight is 345 g/mol. The number of ether oxygens (including phenoxy) is 1. The average Bonchev–Trinajstić information content (AvgIpc) is 2.45. The minimum absolute atomic E-state index is 0.297. The first-order valence-electron chi connectivity index (χ1n) is 9.12. The Labute approximate surface area is 146 Å². The highest BCUT2D eigenvalue weighted by Crippen LogP contribution is 2.25. The van der Waals surface area contributed by atoms with E-state index in [1.165, 1.54) is 43.6 Å². The van der Waals surface area contributed by atoms with E-state index in [0.717, 1.165) is 0 Å². The third-order valence-electron chi connectivity index (χ3n) is 4.21. The Morgan fingerprint density at radius 3 is 2.65 bits per heavy atom. The zero-order valence-corrected chi connectivity index (χ0v) is 16.4. The molecular formula is C18H36N2O2S. The topological polar surface area (TPSA) is 50.4 Å². The summed E-state index contributed by atoms with van der Waals surface area (Å²) < 4.78 is 5.34. The van der Waals surface area contributed by atoms with Crippen LogP contribution in [-0.2, 0) is 4.74 Å². The summed E-state index contributed by atoms with van der Waals surface area (Å²) in [7, 11) is 0. The van der Waals surface area contributed by atoms with E-state index in [2.05, 4.69) is 24.5 Å². The summed E-state index contributed by atoms with van der Waals surface area (Å²) in [6.07, 6.45) is 5.86. The molecule has 0 radical (unpaired) electrons. The van der Waals surface area contributed by atoms with Gasteiger partial charge in [0.05, 0.1) is 0 Å². The Hall–Kier alpha value is -0.420. The van der Waals surface area contributed by atoms with Gasteiger partial charge in [0.15, 0.2) is 0 Å². The van der Waals surface area contributed by atoms with Gasteiger partial charge in [-0.1, -0.05) is 19.8 Å². The SMILES string of the molecule is CCSCCC(C)NC1CCCCC1CNC(=O)OC(C)(C)C. The van der Waals surface area contributed by atoms with Crippen LogP contribution < -0.4 is 10.6 Å². The van der Waals surface area contributed by atoms with E-state index in [1.807, 2.05) is 32.5 Å². The minimum atomic E-state index is -0.431. The highest BCUT2D eigenvalue weighted by molar-refractivity contribution is 7.99. The van der Waals surface area contributed by atoms with Crippen LogP contribution in [-0.4, -0.2) is 41.8 Å². The number of carbonyl (C=O) groups excluding carboxylic acids is 1. The van der Waals surface area contributed by atoms with Gasteiger partial charge in [-0.15, -0.1) is 0 Å². The number of carbonyl (C=O) groups is 1. The Morgan fingerprint density at radius 1 is 1.30 bits per heavy atom. The summed E-state index contributed by atoms with van der Waals surface area (Å²) in [5, 5.41) is 6.75. The number of nitrogens with one attached hydrogen (secondary N) is 2. The lowest BCUT2D eigenvalue weighted by Crippen LogP contribution is -2.47. The number of amides is 1. The largest absolute Gasteiger partial charge is 0.444 e. The molecule has 3 atom stereocenters. The summed E-state index contributed by atoms with van der Waals surface area (Å²) in [4.78, 5) is 11.8. The Morgan fingerprint density at radius 2 is 2.00 bits per heavy atom. The zero-order chi connectivity index (χ0) is 17.3. The fourth-order valence-corrected chi connectivity index (χ4v) is 3.86. The second-order valence-electron chi connectivity index (χ2n) is 7.59. The second-order valence-corrected chi connectivity index (χ2v) is 8.98. The summed E-state index contributed by atoms with van der Waals surface area (Å²) in [6.45, 7) is 10.9. The lowest BCUT2D eigenvalue weighted by molar-refractivity contribution is 0.0510. The molecule has 1 rings (SSSR count). The normalized spacial score (nSPS) is 23.3. The molecule has 2 N–H and O–H groups in total. The highest BCUT2D eigenvalue weighted by Gasteiger charge is 2.27. The summed E-state index contributed by atoms with van der Waals surface area (Å²) in [5.74, 6) is 2.93. The first-order valence-corrected chi connectivity index (χ1v) is 10.3. The maximum absolute atomic E-state index is 11.8. The lowest BCUT2D eigenvalue weighted by Gasteiger charge is -2.34. The van der Waals surface area contributed by atoms with Gasteiger partial charge in [-0.3, -0.25) is 0 Å². The molecule has 0 aromatic rings. The molecule has 4 nitrogen and oxygen atoms in total. The van der Waals surface area contributed by atoms with E-state index in [1.54, 1.807) is 0 Å². The monoisotopic (exact) mass is 344 g/mol. The van der Waals surface area contributed by atoms with Crippen molar-refractivity contribution in [3.8, 4) is 0 Å². The van der Waals surface area contributed by atoms with Crippen molar-refractivity contribution in [2.24, 2.45) is 5.92 Å². The van der Waals surface area contributed by atoms with Crippen LogP contribution in [0.3, 0.4) is 0 Å². The zero-order valence-electron chi connectivity index (χ0n) is 15.6. The van der Waals surface area contributed by atoms with Crippen molar-refractivity contribution in [1.82, 2.24) is 10.6 Å². The third-order valence-corrected chi connectivity index (χ3v) is 5.15. The molecule has 5 heteroatoms. The van der Waals surface area contributed by atoms with Gasteiger partial charge in [0.2, 0.25) is 0 Å². The first-order chi connectivity index (χ1) is 10.8. The van der Waals surface area contributed by atoms with Crippen molar-refractivity contribution < 1.29 is 9.53 Å². The van der Waals surface area contributed by atoms with Crippen molar-refractivity contribution in [2.75, 3.05) is 18.1 Å². The van der Waals surface area contributed by atoms with E-state index < -0.39 is 5.60 Å². The van der Waals surface area contributed by atoms with E-state index >= 15 is 0 Å². The first kappa shape index (κ1) is 20.6. The van der Waals surface area contributed by atoms with Gasteiger partial charge >= 0.3 is 6.09 Å². The van der Waals surface area contributed by atoms with Gasteiger partial charge in [-0.25, -0.2) is 4.79 Å². The van der Waals surface area contributed by atoms with E-state index in [0.29, 0.717) is 24.5 Å². The lowest BCUT2D eigenvalue weighted by atomic mass is 9.84. The third kappa shape index (κ3) is 9.46. The van der Waals surface area contributed by atoms with E-state index in [4.69, 9.17) is 4.74 Å². The number of alkyl carbamates (subject to hydrolysis) is 1. The number of rotatable bonds is 8. The molecule has 1 aliphatic carbocycles. The van der Waals surface area contributed by atoms with Crippen molar-refractivity contribution >= 4 is 17.9 Å². The highest BCUT2D eigenvalue weighted by atomic mass is 32.2. The molecule has 1 fully saturated rings. The minimum Gasteiger partial charge on any atom is -0.444 e. The molecule has 23 heavy (non-hydrogen) atoms. The fourth-order valence-electron chi connectivity index (χ4n) is 3.05. The van der Waals surface area contributed by atoms with Crippen LogP contribution in [0.5, 0.6) is 0 Å². The Kier molecular flexibility index (Phi) is 9.37. The molecule has 0 saturated heterocycles. The number of hydrogen-bond donors (Lipinski definition) is 2. The Bertz CT molecular complexity index is 344. The van der Waals surface area contributed by atoms with Crippen molar-refractivity contribution in [1.29, 1.82) is 0 Å². The summed E-state index contributed by atoms with van der Waals surface area (Å²) >= 11 is 2.01. The molecule has 0 aliphatic heterocycles. The maximum atomic E-state index is 11.8. The Balaban J connectivity index is 2.37. The predicted octanol–water partition coefficient (Wildman–Crippen LogP) is 4.19. The van der Waals surface area contributed by atoms with E-state index in [-0.39, 0.29) is 6.09 Å². The molecule has 0 heterocycles. The van der Waals surface area contributed by atoms with Crippen molar-refractivity contribution in [2.45, 2.75) is 84.4 Å². The number of hydrogen-bond acceptors (Lipinski definition) is 4. The van der Waals surface area contributed by atoms with Crippen molar-refractivity contribution in [3.05, 3.63) is 0 Å². The molecule has 136 valence electrons. The van der Waals surface area contributed by atoms with Crippen LogP contribution in [0.15, 0.2) is 0 Å². The van der Waals surface area contributed by atoms with Crippen LogP contribution >= 0.6 is 11.8 Å². The molecule has 3 unspecified atom stereocenters. The van der Waals surface area contributed by atoms with Crippen LogP contribution in [0.25, 0.3) is 0 Å². The van der Waals surface area contributed by atoms with Crippen LogP contribution in [0.4, 0.5) is 4.79 Å². The molecule has 0 bridgehead atoms. The summed E-state index contributed by atoms with van der Waals surface area (Å²) in [6, 6.07) is 1.06. The molecule has 1 amide bonds. The van der Waals surface area contributed by atoms with Crippen LogP contribution in [0.1, 0.15) is 66.7 Å². The van der Waals surface area contributed by atoms with Gasteiger partial charge in [-0.2, -0.15) is 11.8 Å². The number of thioether (sulfide) groups is 1. The second kappa shape index (κ2) is 10.4. The molecule has 0 spiro atoms. The van der Waals surface area contributed by atoms with Crippen LogP contribution in [0, 0.1) is 5.92 Å². The molecule has 0 aromatic heterocycles. The quantitative estimate of drug-likeness (QED) is 0.648. The van der Waals surface area contributed by atoms with Gasteiger partial charge < -0.3 is 15.4 Å². The van der Waals surface area contributed by atoms with Crippen LogP contribution in [0.2, 0.25) is 0 Å². The van der Waals surface area contributed by atoms with Gasteiger partial charge in [0.25, 0.3) is 0 Å². The van der Waals surface area contributed by atoms with E-state index in [9.17, 15) is 4.79 Å². The fraction of sp³-hybridized carbons (Fsp3) is 0.944. The summed E-state index contributed by atoms with van der Waals surface area (Å²) in [5.41, 5.74) is -0.431. The van der Waals surface area contributed by atoms with Gasteiger partial charge in [0, 0.05) is 18.6 Å². The van der Waals surface area contributed by atoms with Crippen molar-refractivity contribution in [3.63, 3.8) is 0 Å². The predicted molar refractivity (Wildman–Crippen MR) is 100 cm³/mol.